The van der Waals surface area contributed by atoms with Gasteiger partial charge in [0.1, 0.15) is 19.8 Å². The first-order valence-electron chi connectivity index (χ1n) is 22.7. The monoisotopic (exact) mass is 747 g/mol. The van der Waals surface area contributed by atoms with E-state index in [0.717, 1.165) is 64.2 Å². The van der Waals surface area contributed by atoms with Gasteiger partial charge in [-0.15, -0.1) is 0 Å². The maximum Gasteiger partial charge on any atom is 0.305 e. The molecule has 0 aromatic heterocycles. The Kier molecular flexibility index (Phi) is 38.0. The molecule has 310 valence electrons. The minimum absolute atomic E-state index is 0.0768. The second-order valence-corrected chi connectivity index (χ2v) is 15.6. The fraction of sp³-hybridized carbons (Fsp3) is 0.851. The van der Waals surface area contributed by atoms with Gasteiger partial charge < -0.3 is 14.2 Å². The minimum atomic E-state index is -0.738. The first-order chi connectivity index (χ1) is 25.9. The van der Waals surface area contributed by atoms with Crippen LogP contribution in [-0.4, -0.2) is 37.7 Å². The van der Waals surface area contributed by atoms with Crippen LogP contribution in [0.15, 0.2) is 24.3 Å². The van der Waals surface area contributed by atoms with E-state index < -0.39 is 5.41 Å². The van der Waals surface area contributed by atoms with E-state index in [0.29, 0.717) is 25.7 Å². The average Bonchev–Trinajstić information content (AvgIpc) is 3.16. The summed E-state index contributed by atoms with van der Waals surface area (Å²) in [7, 11) is 0. The van der Waals surface area contributed by atoms with Crippen LogP contribution < -0.4 is 0 Å². The molecule has 0 bridgehead atoms. The molecule has 0 heterocycles. The van der Waals surface area contributed by atoms with Crippen molar-refractivity contribution in [2.45, 2.75) is 233 Å². The van der Waals surface area contributed by atoms with Gasteiger partial charge in [-0.1, -0.05) is 161 Å². The summed E-state index contributed by atoms with van der Waals surface area (Å²) >= 11 is 0. The Morgan fingerprint density at radius 1 is 0.358 bits per heavy atom. The summed E-state index contributed by atoms with van der Waals surface area (Å²) in [5.41, 5.74) is -0.738. The van der Waals surface area contributed by atoms with Gasteiger partial charge >= 0.3 is 17.9 Å². The van der Waals surface area contributed by atoms with Crippen molar-refractivity contribution in [2.24, 2.45) is 5.41 Å². The van der Waals surface area contributed by atoms with Gasteiger partial charge in [0.05, 0.1) is 5.41 Å². The molecule has 0 N–H and O–H groups in total. The molecule has 0 aliphatic heterocycles. The number of hydrogen-bond donors (Lipinski definition) is 0. The first kappa shape index (κ1) is 50.9. The van der Waals surface area contributed by atoms with Crippen LogP contribution in [0.4, 0.5) is 0 Å². The molecule has 0 saturated heterocycles. The van der Waals surface area contributed by atoms with Gasteiger partial charge in [-0.3, -0.25) is 14.4 Å². The number of carbonyl (C=O) groups excluding carboxylic acids is 3. The van der Waals surface area contributed by atoms with Gasteiger partial charge in [0.2, 0.25) is 0 Å². The number of esters is 3. The van der Waals surface area contributed by atoms with Crippen LogP contribution in [-0.2, 0) is 28.6 Å². The van der Waals surface area contributed by atoms with E-state index >= 15 is 0 Å². The number of unbranched alkanes of at least 4 members (excludes halogenated alkanes) is 23. The number of carbonyl (C=O) groups is 3. The highest BCUT2D eigenvalue weighted by Crippen LogP contribution is 2.26. The van der Waals surface area contributed by atoms with Gasteiger partial charge in [-0.2, -0.15) is 0 Å². The highest BCUT2D eigenvalue weighted by atomic mass is 16.6. The zero-order valence-corrected chi connectivity index (χ0v) is 35.5. The van der Waals surface area contributed by atoms with Crippen LogP contribution in [0.1, 0.15) is 233 Å². The lowest BCUT2D eigenvalue weighted by Crippen LogP contribution is -2.39. The lowest BCUT2D eigenvalue weighted by Gasteiger charge is -2.31. The molecule has 0 rings (SSSR count). The standard InChI is InChI=1S/C47H86O6/c1-5-9-12-14-16-18-20-22-24-26-28-30-32-34-36-39-45(49)52-42-47(8-4,41-51-44(48)38-11-7-3)43-53-46(50)40-37-35-33-31-29-27-25-23-21-19-17-15-13-10-6-2/h22-25H,5-21,26-43H2,1-4H3/b24-22+,25-23+. The maximum absolute atomic E-state index is 12.7. The fourth-order valence-corrected chi connectivity index (χ4v) is 6.35. The van der Waals surface area contributed by atoms with E-state index in [1.807, 2.05) is 13.8 Å². The summed E-state index contributed by atoms with van der Waals surface area (Å²) < 4.78 is 17.1. The molecular weight excluding hydrogens is 661 g/mol. The van der Waals surface area contributed by atoms with Gasteiger partial charge in [0.25, 0.3) is 0 Å². The predicted molar refractivity (Wildman–Crippen MR) is 224 cm³/mol. The Labute approximate surface area is 328 Å². The summed E-state index contributed by atoms with van der Waals surface area (Å²) in [6, 6.07) is 0. The molecule has 0 aliphatic rings. The van der Waals surface area contributed by atoms with E-state index in [2.05, 4.69) is 38.2 Å². The quantitative estimate of drug-likeness (QED) is 0.0269. The highest BCUT2D eigenvalue weighted by molar-refractivity contribution is 5.70. The van der Waals surface area contributed by atoms with E-state index in [1.54, 1.807) is 0 Å². The van der Waals surface area contributed by atoms with Crippen molar-refractivity contribution in [3.8, 4) is 0 Å². The molecule has 53 heavy (non-hydrogen) atoms. The molecule has 6 heteroatoms. The highest BCUT2D eigenvalue weighted by Gasteiger charge is 2.34. The molecule has 0 aromatic rings. The number of rotatable bonds is 40. The molecule has 0 aromatic carbocycles. The van der Waals surface area contributed by atoms with Crippen molar-refractivity contribution in [1.29, 1.82) is 0 Å². The largest absolute Gasteiger partial charge is 0.465 e. The molecule has 0 atom stereocenters. The topological polar surface area (TPSA) is 78.9 Å². The fourth-order valence-electron chi connectivity index (χ4n) is 6.35. The van der Waals surface area contributed by atoms with E-state index in [-0.39, 0.29) is 37.7 Å². The van der Waals surface area contributed by atoms with Crippen LogP contribution in [0.25, 0.3) is 0 Å². The Bertz CT molecular complexity index is 837. The second kappa shape index (κ2) is 39.6. The minimum Gasteiger partial charge on any atom is -0.465 e. The van der Waals surface area contributed by atoms with Crippen LogP contribution >= 0.6 is 0 Å². The molecular formula is C47H86O6. The van der Waals surface area contributed by atoms with E-state index in [4.69, 9.17) is 14.2 Å². The normalized spacial score (nSPS) is 11.8. The molecule has 0 saturated carbocycles. The molecule has 0 radical (unpaired) electrons. The predicted octanol–water partition coefficient (Wildman–Crippen LogP) is 14.3. The third-order valence-electron chi connectivity index (χ3n) is 10.4. The lowest BCUT2D eigenvalue weighted by molar-refractivity contribution is -0.162. The van der Waals surface area contributed by atoms with Crippen LogP contribution in [0, 0.1) is 5.41 Å². The Hall–Kier alpha value is -2.11. The Morgan fingerprint density at radius 3 is 0.925 bits per heavy atom. The SMILES string of the molecule is CCCCCCCC/C=C/CCCCCCCC(=O)OCC(CC)(COC(=O)CCCC)COC(=O)CCCCCCC/C=C/CCCCCCCC. The molecule has 0 amide bonds. The summed E-state index contributed by atoms with van der Waals surface area (Å²) in [5.74, 6) is -0.737. The number of ether oxygens (including phenoxy) is 3. The first-order valence-corrected chi connectivity index (χ1v) is 22.7. The van der Waals surface area contributed by atoms with Crippen molar-refractivity contribution >= 4 is 17.9 Å². The van der Waals surface area contributed by atoms with Gasteiger partial charge in [-0.05, 0) is 77.0 Å². The summed E-state index contributed by atoms with van der Waals surface area (Å²) in [5, 5.41) is 0. The summed E-state index contributed by atoms with van der Waals surface area (Å²) in [4.78, 5) is 37.7. The zero-order chi connectivity index (χ0) is 38.9. The smallest absolute Gasteiger partial charge is 0.305 e. The van der Waals surface area contributed by atoms with Gasteiger partial charge in [0.15, 0.2) is 0 Å². The Balaban J connectivity index is 4.33. The molecule has 0 aliphatic carbocycles. The maximum atomic E-state index is 12.7. The van der Waals surface area contributed by atoms with Crippen molar-refractivity contribution in [3.63, 3.8) is 0 Å². The summed E-state index contributed by atoms with van der Waals surface area (Å²) in [6.45, 7) is 8.76. The average molecular weight is 747 g/mol. The van der Waals surface area contributed by atoms with Gasteiger partial charge in [0, 0.05) is 19.3 Å². The van der Waals surface area contributed by atoms with E-state index in [9.17, 15) is 14.4 Å². The molecule has 0 unspecified atom stereocenters. The van der Waals surface area contributed by atoms with Gasteiger partial charge in [-0.25, -0.2) is 0 Å². The third-order valence-corrected chi connectivity index (χ3v) is 10.4. The zero-order valence-electron chi connectivity index (χ0n) is 35.5. The van der Waals surface area contributed by atoms with Crippen molar-refractivity contribution in [2.75, 3.05) is 19.8 Å². The number of hydrogen-bond acceptors (Lipinski definition) is 6. The van der Waals surface area contributed by atoms with Crippen molar-refractivity contribution in [3.05, 3.63) is 24.3 Å². The summed E-state index contributed by atoms with van der Waals surface area (Å²) in [6.07, 6.45) is 44.2. The molecule has 0 spiro atoms. The third kappa shape index (κ3) is 35.4. The van der Waals surface area contributed by atoms with Crippen LogP contribution in [0.5, 0.6) is 0 Å². The number of allylic oxidation sites excluding steroid dienone is 4. The van der Waals surface area contributed by atoms with Crippen molar-refractivity contribution in [1.82, 2.24) is 0 Å². The molecule has 6 nitrogen and oxygen atoms in total. The lowest BCUT2D eigenvalue weighted by atomic mass is 9.88. The van der Waals surface area contributed by atoms with Crippen LogP contribution in [0.2, 0.25) is 0 Å². The second-order valence-electron chi connectivity index (χ2n) is 15.6. The van der Waals surface area contributed by atoms with Crippen molar-refractivity contribution < 1.29 is 28.6 Å². The van der Waals surface area contributed by atoms with Crippen LogP contribution in [0.3, 0.4) is 0 Å². The Morgan fingerprint density at radius 2 is 0.623 bits per heavy atom. The van der Waals surface area contributed by atoms with E-state index in [1.165, 1.54) is 116 Å². The molecule has 0 fully saturated rings.